The Morgan fingerprint density at radius 1 is 0.690 bits per heavy atom. The molecular weight excluding hydrogens is 408 g/mol. The van der Waals surface area contributed by atoms with Crippen molar-refractivity contribution in [3.05, 3.63) is 59.7 Å². The fraction of sp³-hybridized carbons (Fsp3) is 0.0455. The topological polar surface area (TPSA) is 78.9 Å². The van der Waals surface area contributed by atoms with Gasteiger partial charge in [0.25, 0.3) is 0 Å². The van der Waals surface area contributed by atoms with Gasteiger partial charge in [0.1, 0.15) is 0 Å². The molecular formula is C22H12O6Ti. The van der Waals surface area contributed by atoms with E-state index in [9.17, 15) is 14.4 Å². The standard InChI is InChI=1S/C13H9.3C3H2O2.Ti/c1-3-7-12-10(5-1)9-11-6-2-4-8-13(11)12;3*1-2-3(4)5;/h1-9H;3*1H,(H,4,5);/q;;;;+3/p-3. The predicted octanol–water partition coefficient (Wildman–Crippen LogP) is 2.18. The summed E-state index contributed by atoms with van der Waals surface area (Å²) in [4.78, 5) is 36.2. The molecule has 29 heavy (non-hydrogen) atoms. The van der Waals surface area contributed by atoms with E-state index in [-0.39, 0.29) is 0 Å². The van der Waals surface area contributed by atoms with Gasteiger partial charge >= 0.3 is 172 Å². The van der Waals surface area contributed by atoms with E-state index in [2.05, 4.69) is 0 Å². The molecule has 0 saturated carbocycles. The summed E-state index contributed by atoms with van der Waals surface area (Å²) in [7, 11) is 0. The van der Waals surface area contributed by atoms with Crippen LogP contribution in [0.15, 0.2) is 48.5 Å². The van der Waals surface area contributed by atoms with Crippen molar-refractivity contribution in [2.24, 2.45) is 0 Å². The molecule has 0 saturated heterocycles. The first-order chi connectivity index (χ1) is 14.0. The van der Waals surface area contributed by atoms with E-state index in [1.165, 1.54) is 0 Å². The van der Waals surface area contributed by atoms with Crippen molar-refractivity contribution in [2.75, 3.05) is 0 Å². The third-order valence-corrected chi connectivity index (χ3v) is 8.52. The first-order valence-corrected chi connectivity index (χ1v) is 11.0. The maximum absolute atomic E-state index is 12.1. The fourth-order valence-corrected chi connectivity index (χ4v) is 7.46. The van der Waals surface area contributed by atoms with Gasteiger partial charge in [-0.1, -0.05) is 0 Å². The summed E-state index contributed by atoms with van der Waals surface area (Å²) in [5, 5.41) is 0. The summed E-state index contributed by atoms with van der Waals surface area (Å²) in [6.45, 7) is 0. The molecule has 0 fully saturated rings. The number of terminal acetylenes is 3. The number of carbonyl (C=O) groups is 3. The van der Waals surface area contributed by atoms with E-state index in [1.54, 1.807) is 42.0 Å². The first kappa shape index (κ1) is 20.0. The summed E-state index contributed by atoms with van der Waals surface area (Å²) in [5.41, 5.74) is 2.86. The van der Waals surface area contributed by atoms with Crippen LogP contribution in [-0.4, -0.2) is 17.9 Å². The van der Waals surface area contributed by atoms with Gasteiger partial charge in [0.15, 0.2) is 0 Å². The molecule has 2 aromatic carbocycles. The van der Waals surface area contributed by atoms with E-state index in [0.717, 1.165) is 11.1 Å². The van der Waals surface area contributed by atoms with Crippen molar-refractivity contribution in [1.29, 1.82) is 0 Å². The molecule has 1 aliphatic rings. The van der Waals surface area contributed by atoms with E-state index >= 15 is 0 Å². The SMILES string of the molecule is C#CC(=O)[O][Ti]([O]C(=O)C#C)([O]C(=O)C#C)[CH]1c2ccccc2-c2ccccc21. The van der Waals surface area contributed by atoms with Crippen LogP contribution in [-0.2, 0) is 42.1 Å². The van der Waals surface area contributed by atoms with E-state index in [0.29, 0.717) is 11.1 Å². The van der Waals surface area contributed by atoms with Crippen LogP contribution in [0.1, 0.15) is 15.3 Å². The fourth-order valence-electron chi connectivity index (χ4n) is 3.25. The maximum atomic E-state index is 12.1. The normalized spacial score (nSPS) is 11.6. The van der Waals surface area contributed by atoms with Gasteiger partial charge in [-0.2, -0.15) is 0 Å². The number of fused-ring (bicyclic) bond motifs is 3. The molecule has 6 nitrogen and oxygen atoms in total. The molecule has 0 radical (unpaired) electrons. The Kier molecular flexibility index (Phi) is 5.58. The van der Waals surface area contributed by atoms with Crippen LogP contribution in [0.4, 0.5) is 0 Å². The molecule has 0 amide bonds. The molecule has 0 aliphatic heterocycles. The van der Waals surface area contributed by atoms with Crippen molar-refractivity contribution < 1.29 is 42.1 Å². The Morgan fingerprint density at radius 2 is 1.03 bits per heavy atom. The zero-order chi connectivity index (χ0) is 21.0. The van der Waals surface area contributed by atoms with E-state index < -0.39 is 39.9 Å². The van der Waals surface area contributed by atoms with Gasteiger partial charge in [0.05, 0.1) is 0 Å². The predicted molar refractivity (Wildman–Crippen MR) is 98.5 cm³/mol. The molecule has 0 atom stereocenters. The van der Waals surface area contributed by atoms with Crippen molar-refractivity contribution >= 4 is 17.9 Å². The minimum absolute atomic E-state index is 0.633. The zero-order valence-corrected chi connectivity index (χ0v) is 16.4. The van der Waals surface area contributed by atoms with E-state index in [4.69, 9.17) is 29.2 Å². The van der Waals surface area contributed by atoms with Gasteiger partial charge in [-0.15, -0.1) is 0 Å². The van der Waals surface area contributed by atoms with Gasteiger partial charge in [0.2, 0.25) is 0 Å². The summed E-state index contributed by atoms with van der Waals surface area (Å²) in [6.07, 6.45) is 15.4. The Morgan fingerprint density at radius 3 is 1.38 bits per heavy atom. The van der Waals surface area contributed by atoms with Crippen molar-refractivity contribution in [1.82, 2.24) is 0 Å². The second kappa shape index (κ2) is 8.09. The van der Waals surface area contributed by atoms with Gasteiger partial charge in [-0.3, -0.25) is 0 Å². The summed E-state index contributed by atoms with van der Waals surface area (Å²) in [6, 6.07) is 14.3. The van der Waals surface area contributed by atoms with Gasteiger partial charge in [-0.25, -0.2) is 0 Å². The Labute approximate surface area is 171 Å². The average Bonchev–Trinajstić information content (AvgIpc) is 3.08. The monoisotopic (exact) mass is 420 g/mol. The molecule has 0 N–H and O–H groups in total. The molecule has 0 bridgehead atoms. The van der Waals surface area contributed by atoms with Crippen LogP contribution in [0.25, 0.3) is 11.1 Å². The van der Waals surface area contributed by atoms with Gasteiger partial charge in [-0.05, 0) is 0 Å². The zero-order valence-electron chi connectivity index (χ0n) is 14.9. The number of carbonyl (C=O) groups excluding carboxylic acids is 3. The van der Waals surface area contributed by atoms with Crippen LogP contribution in [0.3, 0.4) is 0 Å². The average molecular weight is 420 g/mol. The van der Waals surface area contributed by atoms with Crippen LogP contribution in [0.5, 0.6) is 0 Å². The van der Waals surface area contributed by atoms with Crippen molar-refractivity contribution in [3.8, 4) is 48.2 Å². The number of hydrogen-bond donors (Lipinski definition) is 0. The third-order valence-electron chi connectivity index (χ3n) is 4.25. The second-order valence-electron chi connectivity index (χ2n) is 5.81. The molecule has 1 aliphatic carbocycles. The third kappa shape index (κ3) is 3.66. The van der Waals surface area contributed by atoms with Crippen LogP contribution < -0.4 is 0 Å². The van der Waals surface area contributed by atoms with E-state index in [1.807, 2.05) is 24.3 Å². The van der Waals surface area contributed by atoms with Crippen molar-refractivity contribution in [3.63, 3.8) is 0 Å². The minimum atomic E-state index is -5.28. The molecule has 7 heteroatoms. The Balaban J connectivity index is 2.30. The quantitative estimate of drug-likeness (QED) is 0.558. The molecule has 0 unspecified atom stereocenters. The molecule has 0 spiro atoms. The Hall–Kier alpha value is -3.76. The molecule has 0 heterocycles. The summed E-state index contributed by atoms with van der Waals surface area (Å²) >= 11 is -5.28. The number of hydrogen-bond acceptors (Lipinski definition) is 6. The number of benzene rings is 2. The first-order valence-electron chi connectivity index (χ1n) is 8.22. The number of rotatable bonds is 4. The van der Waals surface area contributed by atoms with Gasteiger partial charge < -0.3 is 0 Å². The van der Waals surface area contributed by atoms with Gasteiger partial charge in [0, 0.05) is 0 Å². The summed E-state index contributed by atoms with van der Waals surface area (Å²) in [5.74, 6) is 1.83. The molecule has 0 aromatic heterocycles. The summed E-state index contributed by atoms with van der Waals surface area (Å²) < 4.78 is 15.2. The Bertz CT molecular complexity index is 1030. The molecule has 3 rings (SSSR count). The van der Waals surface area contributed by atoms with Crippen LogP contribution in [0.2, 0.25) is 0 Å². The second-order valence-corrected chi connectivity index (χ2v) is 9.56. The van der Waals surface area contributed by atoms with Crippen molar-refractivity contribution in [2.45, 2.75) is 4.22 Å². The molecule has 140 valence electrons. The molecule has 2 aromatic rings. The van der Waals surface area contributed by atoms with Crippen LogP contribution in [0, 0.1) is 37.0 Å². The van der Waals surface area contributed by atoms with Crippen LogP contribution >= 0.6 is 0 Å².